The lowest BCUT2D eigenvalue weighted by atomic mass is 10.0. The third-order valence-electron chi connectivity index (χ3n) is 4.83. The van der Waals surface area contributed by atoms with Crippen LogP contribution in [0, 0.1) is 16.0 Å². The van der Waals surface area contributed by atoms with Crippen LogP contribution in [0.4, 0.5) is 5.69 Å². The van der Waals surface area contributed by atoms with E-state index in [1.54, 1.807) is 12.1 Å². The first-order valence-corrected chi connectivity index (χ1v) is 10.1. The van der Waals surface area contributed by atoms with Crippen molar-refractivity contribution in [3.8, 4) is 0 Å². The highest BCUT2D eigenvalue weighted by Crippen LogP contribution is 2.63. The number of rotatable bonds is 8. The second kappa shape index (κ2) is 5.92. The van der Waals surface area contributed by atoms with Gasteiger partial charge in [-0.15, -0.1) is 0 Å². The Morgan fingerprint density at radius 3 is 2.42 bits per heavy atom. The van der Waals surface area contributed by atoms with Gasteiger partial charge in [0.1, 0.15) is 0 Å². The van der Waals surface area contributed by atoms with Crippen LogP contribution in [-0.4, -0.2) is 40.4 Å². The van der Waals surface area contributed by atoms with Crippen LogP contribution in [-0.2, 0) is 15.5 Å². The molecule has 2 aliphatic heterocycles. The lowest BCUT2D eigenvalue weighted by molar-refractivity contribution is -0.385. The van der Waals surface area contributed by atoms with Gasteiger partial charge in [-0.3, -0.25) is 19.2 Å². The van der Waals surface area contributed by atoms with Crippen LogP contribution in [0.2, 0.25) is 0 Å². The van der Waals surface area contributed by atoms with Crippen molar-refractivity contribution < 1.29 is 14.0 Å². The fourth-order valence-electron chi connectivity index (χ4n) is 3.01. The Labute approximate surface area is 141 Å². The Hall–Kier alpha value is -1.27. The van der Waals surface area contributed by atoms with E-state index in [0.29, 0.717) is 5.92 Å². The van der Waals surface area contributed by atoms with Gasteiger partial charge in [-0.2, -0.15) is 0 Å². The van der Waals surface area contributed by atoms with E-state index in [9.17, 15) is 14.7 Å². The van der Waals surface area contributed by atoms with Gasteiger partial charge in [-0.25, -0.2) is 9.34 Å². The zero-order chi connectivity index (χ0) is 16.9. The maximum Gasteiger partial charge on any atom is 0.346 e. The van der Waals surface area contributed by atoms with Crippen molar-refractivity contribution in [3.63, 3.8) is 0 Å². The summed E-state index contributed by atoms with van der Waals surface area (Å²) in [5.41, 5.74) is 1.81. The van der Waals surface area contributed by atoms with E-state index < -0.39 is 7.67 Å². The summed E-state index contributed by atoms with van der Waals surface area (Å²) in [6.07, 6.45) is 2.68. The van der Waals surface area contributed by atoms with Crippen LogP contribution < -0.4 is 0 Å². The molecule has 0 N–H and O–H groups in total. The second-order valence-electron chi connectivity index (χ2n) is 6.94. The summed E-state index contributed by atoms with van der Waals surface area (Å²) in [5, 5.41) is 11.2. The monoisotopic (exact) mass is 351 g/mol. The van der Waals surface area contributed by atoms with Gasteiger partial charge in [0.15, 0.2) is 0 Å². The average molecular weight is 351 g/mol. The molecule has 1 unspecified atom stereocenters. The molecule has 8 heteroatoms. The standard InChI is InChI=1S/C16H22N3O4P/c1-12(23-24(22,17-6-7-17)18-8-9-18)14-4-5-16(19(20)21)15(11-14)10-13-2-3-13/h4-5,11-13H,2-3,6-10H2,1H3. The molecule has 0 radical (unpaired) electrons. The molecule has 7 nitrogen and oxygen atoms in total. The molecule has 3 aliphatic rings. The first-order chi connectivity index (χ1) is 11.5. The van der Waals surface area contributed by atoms with Gasteiger partial charge in [0.2, 0.25) is 0 Å². The first-order valence-electron chi connectivity index (χ1n) is 8.54. The Balaban J connectivity index is 1.56. The molecule has 130 valence electrons. The SMILES string of the molecule is CC(OP(=O)(N1CC1)N1CC1)c1ccc([N+](=O)[O-])c(CC2CC2)c1. The van der Waals surface area contributed by atoms with Gasteiger partial charge in [-0.1, -0.05) is 0 Å². The quantitative estimate of drug-likeness (QED) is 0.309. The first kappa shape index (κ1) is 16.2. The maximum absolute atomic E-state index is 13.1. The Morgan fingerprint density at radius 2 is 1.92 bits per heavy atom. The Morgan fingerprint density at radius 1 is 1.29 bits per heavy atom. The highest BCUT2D eigenvalue weighted by Gasteiger charge is 2.50. The molecule has 2 heterocycles. The molecule has 0 amide bonds. The molecule has 1 atom stereocenters. The average Bonchev–Trinajstić information content (AvgIpc) is 3.39. The molecular weight excluding hydrogens is 329 g/mol. The lowest BCUT2D eigenvalue weighted by Gasteiger charge is -2.24. The minimum atomic E-state index is -2.89. The smallest absolute Gasteiger partial charge is 0.298 e. The van der Waals surface area contributed by atoms with E-state index in [2.05, 4.69) is 0 Å². The van der Waals surface area contributed by atoms with E-state index in [0.717, 1.165) is 56.6 Å². The molecule has 24 heavy (non-hydrogen) atoms. The molecule has 0 bridgehead atoms. The molecule has 1 aliphatic carbocycles. The number of nitro groups is 1. The van der Waals surface area contributed by atoms with Crippen molar-refractivity contribution in [2.24, 2.45) is 5.92 Å². The van der Waals surface area contributed by atoms with Crippen molar-refractivity contribution in [3.05, 3.63) is 39.4 Å². The summed E-state index contributed by atoms with van der Waals surface area (Å²) in [7, 11) is -2.89. The molecule has 4 rings (SSSR count). The van der Waals surface area contributed by atoms with Gasteiger partial charge >= 0.3 is 7.67 Å². The van der Waals surface area contributed by atoms with Gasteiger partial charge in [0.05, 0.1) is 11.0 Å². The topological polar surface area (TPSA) is 75.5 Å². The van der Waals surface area contributed by atoms with E-state index in [1.165, 1.54) is 0 Å². The highest BCUT2D eigenvalue weighted by molar-refractivity contribution is 7.54. The minimum absolute atomic E-state index is 0.179. The number of hydrogen-bond donors (Lipinski definition) is 0. The summed E-state index contributed by atoms with van der Waals surface area (Å²) in [5.74, 6) is 0.566. The van der Waals surface area contributed by atoms with Crippen LogP contribution in [0.3, 0.4) is 0 Å². The number of hydrogen-bond acceptors (Lipinski definition) is 4. The molecule has 1 aromatic carbocycles. The maximum atomic E-state index is 13.1. The highest BCUT2D eigenvalue weighted by atomic mass is 31.2. The predicted molar refractivity (Wildman–Crippen MR) is 89.8 cm³/mol. The number of benzene rings is 1. The normalized spacial score (nSPS) is 22.4. The molecule has 3 fully saturated rings. The van der Waals surface area contributed by atoms with Gasteiger partial charge in [0, 0.05) is 37.8 Å². The summed E-state index contributed by atoms with van der Waals surface area (Å²) in [6.45, 7) is 5.13. The minimum Gasteiger partial charge on any atom is -0.298 e. The zero-order valence-corrected chi connectivity index (χ0v) is 14.7. The van der Waals surface area contributed by atoms with Crippen LogP contribution in [0.5, 0.6) is 0 Å². The van der Waals surface area contributed by atoms with Crippen LogP contribution in [0.15, 0.2) is 18.2 Å². The molecule has 0 aromatic heterocycles. The summed E-state index contributed by atoms with van der Waals surface area (Å²) >= 11 is 0. The summed E-state index contributed by atoms with van der Waals surface area (Å²) < 4.78 is 22.8. The van der Waals surface area contributed by atoms with Gasteiger partial charge in [-0.05, 0) is 49.8 Å². The predicted octanol–water partition coefficient (Wildman–Crippen LogP) is 3.36. The zero-order valence-electron chi connectivity index (χ0n) is 13.8. The Kier molecular flexibility index (Phi) is 4.00. The van der Waals surface area contributed by atoms with Crippen LogP contribution >= 0.6 is 7.67 Å². The fourth-order valence-corrected chi connectivity index (χ4v) is 5.35. The third kappa shape index (κ3) is 3.26. The van der Waals surface area contributed by atoms with Crippen molar-refractivity contribution >= 4 is 13.4 Å². The van der Waals surface area contributed by atoms with Crippen molar-refractivity contribution in [2.75, 3.05) is 26.2 Å². The van der Waals surface area contributed by atoms with E-state index >= 15 is 0 Å². The van der Waals surface area contributed by atoms with Crippen LogP contribution in [0.1, 0.15) is 37.0 Å². The van der Waals surface area contributed by atoms with E-state index in [-0.39, 0.29) is 16.7 Å². The third-order valence-corrected chi connectivity index (χ3v) is 7.65. The van der Waals surface area contributed by atoms with E-state index in [1.807, 2.05) is 22.3 Å². The Bertz CT molecular complexity index is 697. The van der Waals surface area contributed by atoms with Crippen molar-refractivity contribution in [1.82, 2.24) is 9.34 Å². The van der Waals surface area contributed by atoms with Crippen molar-refractivity contribution in [1.29, 1.82) is 0 Å². The van der Waals surface area contributed by atoms with Crippen molar-refractivity contribution in [2.45, 2.75) is 32.3 Å². The summed E-state index contributed by atoms with van der Waals surface area (Å²) in [6, 6.07) is 5.16. The largest absolute Gasteiger partial charge is 0.346 e. The number of nitro benzene ring substituents is 1. The molecule has 2 saturated heterocycles. The second-order valence-corrected chi connectivity index (χ2v) is 9.26. The summed E-state index contributed by atoms with van der Waals surface area (Å²) in [4.78, 5) is 10.9. The molecule has 1 saturated carbocycles. The fraction of sp³-hybridized carbons (Fsp3) is 0.625. The van der Waals surface area contributed by atoms with Crippen LogP contribution in [0.25, 0.3) is 0 Å². The number of nitrogens with zero attached hydrogens (tertiary/aromatic N) is 3. The molecule has 0 spiro atoms. The van der Waals surface area contributed by atoms with E-state index in [4.69, 9.17) is 4.52 Å². The van der Waals surface area contributed by atoms with Gasteiger partial charge in [0.25, 0.3) is 5.69 Å². The molecule has 1 aromatic rings. The molecular formula is C16H22N3O4P. The van der Waals surface area contributed by atoms with Gasteiger partial charge < -0.3 is 0 Å². The lowest BCUT2D eigenvalue weighted by Crippen LogP contribution is -2.11.